The zero-order valence-electron chi connectivity index (χ0n) is 13.7. The van der Waals surface area contributed by atoms with Crippen molar-refractivity contribution in [3.63, 3.8) is 0 Å². The summed E-state index contributed by atoms with van der Waals surface area (Å²) in [4.78, 5) is 0. The van der Waals surface area contributed by atoms with Crippen molar-refractivity contribution in [2.75, 3.05) is 5.75 Å². The van der Waals surface area contributed by atoms with E-state index in [0.717, 1.165) is 12.8 Å². The molecule has 0 radical (unpaired) electrons. The van der Waals surface area contributed by atoms with Crippen LogP contribution in [0, 0.1) is 0 Å². The van der Waals surface area contributed by atoms with E-state index in [-0.39, 0.29) is 0 Å². The molecule has 0 heterocycles. The molecule has 0 rings (SSSR count). The summed E-state index contributed by atoms with van der Waals surface area (Å²) in [6.45, 7) is 6.81. The molecular weight excluding hydrogens is 268 g/mol. The van der Waals surface area contributed by atoms with E-state index in [1.807, 2.05) is 0 Å². The molecule has 2 nitrogen and oxygen atoms in total. The maximum atomic E-state index is 10.5. The minimum atomic E-state index is -1.60. The van der Waals surface area contributed by atoms with Gasteiger partial charge >= 0.3 is 0 Å². The van der Waals surface area contributed by atoms with Crippen LogP contribution < -0.4 is 0 Å². The fraction of sp³-hybridized carbons (Fsp3) is 0.882. The molecule has 0 aliphatic carbocycles. The van der Waals surface area contributed by atoms with Crippen molar-refractivity contribution in [2.45, 2.75) is 91.4 Å². The van der Waals surface area contributed by atoms with Crippen LogP contribution in [0.3, 0.4) is 0 Å². The fourth-order valence-corrected chi connectivity index (χ4v) is 2.84. The normalized spacial score (nSPS) is 14.2. The molecule has 0 saturated heterocycles. The Kier molecular flexibility index (Phi) is 13.7. The van der Waals surface area contributed by atoms with Gasteiger partial charge in [0.2, 0.25) is 0 Å². The van der Waals surface area contributed by atoms with Crippen LogP contribution in [0.4, 0.5) is 0 Å². The molecule has 0 aromatic heterocycles. The zero-order chi connectivity index (χ0) is 15.2. The van der Waals surface area contributed by atoms with Crippen LogP contribution >= 0.6 is 0 Å². The van der Waals surface area contributed by atoms with E-state index in [1.54, 1.807) is 11.1 Å². The first-order chi connectivity index (χ1) is 9.57. The van der Waals surface area contributed by atoms with Crippen molar-refractivity contribution >= 4 is 11.1 Å². The molecule has 1 atom stereocenters. The van der Waals surface area contributed by atoms with Gasteiger partial charge in [0.25, 0.3) is 0 Å². The first-order valence-electron chi connectivity index (χ1n) is 8.30. The van der Waals surface area contributed by atoms with Crippen LogP contribution in [0.5, 0.6) is 0 Å². The average Bonchev–Trinajstić information content (AvgIpc) is 2.41. The Hall–Kier alpha value is -0.150. The molecule has 0 fully saturated rings. The second-order valence-corrected chi connectivity index (χ2v) is 6.97. The predicted octanol–water partition coefficient (Wildman–Crippen LogP) is 5.86. The molecule has 20 heavy (non-hydrogen) atoms. The number of unbranched alkanes of at least 4 members (excludes halogenated alkanes) is 7. The van der Waals surface area contributed by atoms with E-state index in [2.05, 4.69) is 20.8 Å². The average molecular weight is 303 g/mol. The van der Waals surface area contributed by atoms with Crippen molar-refractivity contribution in [3.8, 4) is 0 Å². The van der Waals surface area contributed by atoms with Gasteiger partial charge in [0.15, 0.2) is 11.1 Å². The van der Waals surface area contributed by atoms with Crippen molar-refractivity contribution in [2.24, 2.45) is 0 Å². The summed E-state index contributed by atoms with van der Waals surface area (Å²) in [5.41, 5.74) is 3.14. The SMILES string of the molecule is CCCCCCC/C(C)=C(\C)CCCCCCS(=O)O. The maximum absolute atomic E-state index is 10.5. The third-order valence-electron chi connectivity index (χ3n) is 4.00. The van der Waals surface area contributed by atoms with Gasteiger partial charge in [0.1, 0.15) is 0 Å². The lowest BCUT2D eigenvalue weighted by Gasteiger charge is -2.08. The molecule has 0 spiro atoms. The Morgan fingerprint density at radius 1 is 0.800 bits per heavy atom. The Morgan fingerprint density at radius 3 is 1.70 bits per heavy atom. The molecule has 1 unspecified atom stereocenters. The van der Waals surface area contributed by atoms with Crippen LogP contribution in [0.1, 0.15) is 91.4 Å². The molecule has 0 amide bonds. The van der Waals surface area contributed by atoms with Gasteiger partial charge in [-0.2, -0.15) is 0 Å². The number of rotatable bonds is 13. The Bertz CT molecular complexity index is 285. The number of hydrogen-bond donors (Lipinski definition) is 1. The van der Waals surface area contributed by atoms with E-state index >= 15 is 0 Å². The largest absolute Gasteiger partial charge is 0.306 e. The monoisotopic (exact) mass is 302 g/mol. The molecule has 0 aliphatic heterocycles. The summed E-state index contributed by atoms with van der Waals surface area (Å²) in [5, 5.41) is 0. The van der Waals surface area contributed by atoms with Crippen molar-refractivity contribution < 1.29 is 8.76 Å². The van der Waals surface area contributed by atoms with E-state index < -0.39 is 11.1 Å². The lowest BCUT2D eigenvalue weighted by Crippen LogP contribution is -1.94. The lowest BCUT2D eigenvalue weighted by molar-refractivity contribution is 0.557. The molecule has 0 saturated carbocycles. The smallest absolute Gasteiger partial charge is 0.152 e. The fourth-order valence-electron chi connectivity index (χ4n) is 2.39. The van der Waals surface area contributed by atoms with Crippen LogP contribution in [0.25, 0.3) is 0 Å². The highest BCUT2D eigenvalue weighted by molar-refractivity contribution is 7.79. The molecule has 0 aromatic rings. The molecule has 0 aliphatic rings. The first-order valence-corrected chi connectivity index (χ1v) is 9.58. The Balaban J connectivity index is 3.58. The summed E-state index contributed by atoms with van der Waals surface area (Å²) in [6.07, 6.45) is 13.6. The first kappa shape index (κ1) is 19.9. The van der Waals surface area contributed by atoms with Gasteiger partial charge in [-0.1, -0.05) is 56.6 Å². The summed E-state index contributed by atoms with van der Waals surface area (Å²) < 4.78 is 19.2. The minimum absolute atomic E-state index is 0.436. The Labute approximate surface area is 128 Å². The van der Waals surface area contributed by atoms with E-state index in [1.165, 1.54) is 57.8 Å². The summed E-state index contributed by atoms with van der Waals surface area (Å²) in [5.74, 6) is 0.436. The molecule has 3 heteroatoms. The highest BCUT2D eigenvalue weighted by Gasteiger charge is 1.99. The van der Waals surface area contributed by atoms with Gasteiger partial charge in [-0.25, -0.2) is 4.21 Å². The third-order valence-corrected chi connectivity index (χ3v) is 4.64. The summed E-state index contributed by atoms with van der Waals surface area (Å²) in [6, 6.07) is 0. The minimum Gasteiger partial charge on any atom is -0.306 e. The zero-order valence-corrected chi connectivity index (χ0v) is 14.6. The third kappa shape index (κ3) is 12.9. The van der Waals surface area contributed by atoms with Crippen molar-refractivity contribution in [1.29, 1.82) is 0 Å². The quantitative estimate of drug-likeness (QED) is 0.263. The van der Waals surface area contributed by atoms with Crippen molar-refractivity contribution in [1.82, 2.24) is 0 Å². The van der Waals surface area contributed by atoms with E-state index in [0.29, 0.717) is 5.75 Å². The van der Waals surface area contributed by atoms with Gasteiger partial charge in [0.05, 0.1) is 0 Å². The van der Waals surface area contributed by atoms with E-state index in [9.17, 15) is 4.21 Å². The Morgan fingerprint density at radius 2 is 1.25 bits per heavy atom. The molecule has 0 aromatic carbocycles. The number of hydrogen-bond acceptors (Lipinski definition) is 1. The van der Waals surface area contributed by atoms with Crippen LogP contribution in [0.2, 0.25) is 0 Å². The predicted molar refractivity (Wildman–Crippen MR) is 90.5 cm³/mol. The molecular formula is C17H34O2S. The summed E-state index contributed by atoms with van der Waals surface area (Å²) >= 11 is -1.60. The van der Waals surface area contributed by atoms with Crippen LogP contribution in [-0.2, 0) is 11.1 Å². The van der Waals surface area contributed by atoms with E-state index in [4.69, 9.17) is 4.55 Å². The van der Waals surface area contributed by atoms with Gasteiger partial charge < -0.3 is 4.55 Å². The highest BCUT2D eigenvalue weighted by Crippen LogP contribution is 2.18. The number of allylic oxidation sites excluding steroid dienone is 2. The maximum Gasteiger partial charge on any atom is 0.152 e. The van der Waals surface area contributed by atoms with Crippen LogP contribution in [0.15, 0.2) is 11.1 Å². The van der Waals surface area contributed by atoms with Gasteiger partial charge in [-0.05, 0) is 46.0 Å². The van der Waals surface area contributed by atoms with Gasteiger partial charge in [0, 0.05) is 5.75 Å². The van der Waals surface area contributed by atoms with Gasteiger partial charge in [-0.3, -0.25) is 0 Å². The molecule has 120 valence electrons. The summed E-state index contributed by atoms with van der Waals surface area (Å²) in [7, 11) is 0. The lowest BCUT2D eigenvalue weighted by atomic mass is 9.99. The molecule has 1 N–H and O–H groups in total. The molecule has 0 bridgehead atoms. The second kappa shape index (κ2) is 13.8. The van der Waals surface area contributed by atoms with Gasteiger partial charge in [-0.15, -0.1) is 0 Å². The second-order valence-electron chi connectivity index (χ2n) is 5.91. The van der Waals surface area contributed by atoms with Crippen LogP contribution in [-0.4, -0.2) is 14.5 Å². The highest BCUT2D eigenvalue weighted by atomic mass is 32.2. The van der Waals surface area contributed by atoms with Crippen molar-refractivity contribution in [3.05, 3.63) is 11.1 Å². The standard InChI is InChI=1S/C17H34O2S/c1-4-5-6-7-10-13-16(2)17(3)14-11-8-9-12-15-20(18)19/h4-15H2,1-3H3,(H,18,19)/b17-16+. The topological polar surface area (TPSA) is 37.3 Å².